The minimum Gasteiger partial charge on any atom is -0.383 e. The van der Waals surface area contributed by atoms with Gasteiger partial charge in [0, 0.05) is 57.5 Å². The second-order valence-corrected chi connectivity index (χ2v) is 8.88. The molecule has 12 heteroatoms. The van der Waals surface area contributed by atoms with E-state index in [2.05, 4.69) is 25.7 Å². The molecule has 2 amide bonds. The van der Waals surface area contributed by atoms with E-state index in [1.165, 1.54) is 6.07 Å². The maximum absolute atomic E-state index is 13.9. The summed E-state index contributed by atoms with van der Waals surface area (Å²) in [5.41, 5.74) is 2.15. The van der Waals surface area contributed by atoms with Crippen molar-refractivity contribution in [3.05, 3.63) is 53.9 Å². The van der Waals surface area contributed by atoms with Gasteiger partial charge in [-0.15, -0.1) is 0 Å². The fourth-order valence-electron chi connectivity index (χ4n) is 3.99. The van der Waals surface area contributed by atoms with Gasteiger partial charge in [-0.25, -0.2) is 16.5 Å². The predicted molar refractivity (Wildman–Crippen MR) is 127 cm³/mol. The Balaban J connectivity index is 1.47. The number of ether oxygens (including phenoxy) is 1. The molecule has 0 bridgehead atoms. The molecule has 0 radical (unpaired) electrons. The van der Waals surface area contributed by atoms with Crippen LogP contribution in [0.25, 0.3) is 11.3 Å². The molecular weight excluding hydrogens is 547 g/mol. The molecule has 1 aliphatic heterocycles. The van der Waals surface area contributed by atoms with Crippen LogP contribution >= 0.6 is 22.9 Å². The van der Waals surface area contributed by atoms with Gasteiger partial charge in [-0.1, -0.05) is 6.07 Å². The van der Waals surface area contributed by atoms with Crippen LogP contribution in [0.5, 0.6) is 0 Å². The van der Waals surface area contributed by atoms with Crippen molar-refractivity contribution in [3.63, 3.8) is 0 Å². The monoisotopic (exact) mass is 571 g/mol. The molecule has 3 heterocycles. The highest BCUT2D eigenvalue weighted by molar-refractivity contribution is 14.1. The SMILES string of the molecule is COCCN1C[C@@H](NC(=O)Nc2cc(-c3cnn(I)c3)nn2C)[C@H](c2ccc(F)c(F)c2)C1. The number of aryl methyl sites for hydroxylation is 1. The Labute approximate surface area is 203 Å². The number of hydrogen-bond acceptors (Lipinski definition) is 5. The van der Waals surface area contributed by atoms with Crippen molar-refractivity contribution in [1.29, 1.82) is 0 Å². The van der Waals surface area contributed by atoms with Crippen LogP contribution in [0.3, 0.4) is 0 Å². The van der Waals surface area contributed by atoms with E-state index < -0.39 is 17.7 Å². The molecule has 9 nitrogen and oxygen atoms in total. The van der Waals surface area contributed by atoms with Crippen molar-refractivity contribution in [2.24, 2.45) is 7.05 Å². The number of carbonyl (C=O) groups excluding carboxylic acids is 1. The molecule has 33 heavy (non-hydrogen) atoms. The van der Waals surface area contributed by atoms with E-state index in [0.29, 0.717) is 43.3 Å². The quantitative estimate of drug-likeness (QED) is 0.426. The number of likely N-dealkylation sites (tertiary alicyclic amines) is 1. The first-order chi connectivity index (χ1) is 15.8. The van der Waals surface area contributed by atoms with Crippen LogP contribution in [0, 0.1) is 11.6 Å². The van der Waals surface area contributed by atoms with Gasteiger partial charge in [-0.2, -0.15) is 10.2 Å². The highest BCUT2D eigenvalue weighted by atomic mass is 127. The average molecular weight is 571 g/mol. The molecule has 0 spiro atoms. The molecule has 0 aliphatic carbocycles. The molecule has 1 aliphatic rings. The molecule has 176 valence electrons. The zero-order valence-corrected chi connectivity index (χ0v) is 20.3. The second-order valence-electron chi connectivity index (χ2n) is 7.89. The number of halogens is 3. The largest absolute Gasteiger partial charge is 0.383 e. The summed E-state index contributed by atoms with van der Waals surface area (Å²) in [6.45, 7) is 2.36. The maximum Gasteiger partial charge on any atom is 0.320 e. The van der Waals surface area contributed by atoms with Crippen molar-refractivity contribution >= 4 is 34.7 Å². The Bertz CT molecular complexity index is 1140. The van der Waals surface area contributed by atoms with Crippen molar-refractivity contribution in [3.8, 4) is 11.3 Å². The summed E-state index contributed by atoms with van der Waals surface area (Å²) in [5.74, 6) is -1.47. The molecule has 2 N–H and O–H groups in total. The van der Waals surface area contributed by atoms with Gasteiger partial charge < -0.3 is 10.1 Å². The van der Waals surface area contributed by atoms with E-state index in [4.69, 9.17) is 4.74 Å². The summed E-state index contributed by atoms with van der Waals surface area (Å²) in [6, 6.07) is 4.95. The number of hydrogen-bond donors (Lipinski definition) is 2. The summed E-state index contributed by atoms with van der Waals surface area (Å²) < 4.78 is 35.7. The van der Waals surface area contributed by atoms with Crippen molar-refractivity contribution in [2.45, 2.75) is 12.0 Å². The number of urea groups is 1. The van der Waals surface area contributed by atoms with Crippen LogP contribution in [-0.4, -0.2) is 68.1 Å². The number of methoxy groups -OCH3 is 1. The number of nitrogens with zero attached hydrogens (tertiary/aromatic N) is 5. The Kier molecular flexibility index (Phi) is 7.24. The number of aromatic nitrogens is 4. The Morgan fingerprint density at radius 2 is 2.09 bits per heavy atom. The molecule has 4 rings (SSSR count). The minimum atomic E-state index is -0.900. The number of rotatable bonds is 7. The van der Waals surface area contributed by atoms with E-state index in [0.717, 1.165) is 11.6 Å². The molecular formula is C21H24F2IN7O2. The zero-order valence-electron chi connectivity index (χ0n) is 18.1. The molecule has 1 fully saturated rings. The Morgan fingerprint density at radius 3 is 2.79 bits per heavy atom. The Morgan fingerprint density at radius 1 is 1.27 bits per heavy atom. The van der Waals surface area contributed by atoms with Crippen LogP contribution in [-0.2, 0) is 11.8 Å². The van der Waals surface area contributed by atoms with Crippen LogP contribution < -0.4 is 10.6 Å². The zero-order chi connectivity index (χ0) is 23.5. The van der Waals surface area contributed by atoms with E-state index in [9.17, 15) is 13.6 Å². The van der Waals surface area contributed by atoms with Crippen LogP contribution in [0.1, 0.15) is 11.5 Å². The molecule has 1 aromatic carbocycles. The van der Waals surface area contributed by atoms with Gasteiger partial charge in [0.05, 0.1) is 47.4 Å². The summed E-state index contributed by atoms with van der Waals surface area (Å²) in [5, 5.41) is 14.4. The van der Waals surface area contributed by atoms with Gasteiger partial charge in [-0.3, -0.25) is 14.9 Å². The van der Waals surface area contributed by atoms with Gasteiger partial charge in [0.2, 0.25) is 0 Å². The summed E-state index contributed by atoms with van der Waals surface area (Å²) in [4.78, 5) is 15.0. The number of carbonyl (C=O) groups is 1. The fraction of sp³-hybridized carbons (Fsp3) is 0.381. The third-order valence-corrected chi connectivity index (χ3v) is 6.19. The summed E-state index contributed by atoms with van der Waals surface area (Å²) >= 11 is 2.05. The lowest BCUT2D eigenvalue weighted by atomic mass is 9.94. The first-order valence-corrected chi connectivity index (χ1v) is 11.3. The van der Waals surface area contributed by atoms with Gasteiger partial charge in [0.25, 0.3) is 0 Å². The van der Waals surface area contributed by atoms with Crippen LogP contribution in [0.15, 0.2) is 36.7 Å². The standard InChI is InChI=1S/C21H24F2IN7O2/c1-29-20(8-18(28-29)14-9-25-31(24)10-14)27-21(32)26-19-12-30(5-6-33-2)11-15(19)13-3-4-16(22)17(23)7-13/h3-4,7-10,15,19H,5-6,11-12H2,1-2H3,(H2,26,27,32)/t15-,19+/m0/s1. The minimum absolute atomic E-state index is 0.195. The van der Waals surface area contributed by atoms with Crippen molar-refractivity contribution in [1.82, 2.24) is 28.0 Å². The summed E-state index contributed by atoms with van der Waals surface area (Å²) in [7, 11) is 3.36. The predicted octanol–water partition coefficient (Wildman–Crippen LogP) is 3.00. The van der Waals surface area contributed by atoms with Crippen LogP contribution in [0.4, 0.5) is 19.4 Å². The average Bonchev–Trinajstić information content (AvgIpc) is 3.48. The molecule has 3 aromatic rings. The number of anilines is 1. The van der Waals surface area contributed by atoms with Gasteiger partial charge in [0.15, 0.2) is 11.6 Å². The van der Waals surface area contributed by atoms with E-state index in [1.54, 1.807) is 40.1 Å². The number of nitrogens with one attached hydrogen (secondary N) is 2. The molecule has 2 atom stereocenters. The molecule has 0 saturated carbocycles. The van der Waals surface area contributed by atoms with Crippen molar-refractivity contribution in [2.75, 3.05) is 38.7 Å². The van der Waals surface area contributed by atoms with E-state index >= 15 is 0 Å². The normalized spacial score (nSPS) is 18.6. The van der Waals surface area contributed by atoms with Gasteiger partial charge >= 0.3 is 6.03 Å². The topological polar surface area (TPSA) is 89.2 Å². The lowest BCUT2D eigenvalue weighted by molar-refractivity contribution is 0.159. The molecule has 1 saturated heterocycles. The van der Waals surface area contributed by atoms with E-state index in [1.807, 2.05) is 29.1 Å². The Hall–Kier alpha value is -2.58. The third-order valence-electron chi connectivity index (χ3n) is 5.67. The van der Waals surface area contributed by atoms with E-state index in [-0.39, 0.29) is 12.0 Å². The first-order valence-electron chi connectivity index (χ1n) is 10.3. The van der Waals surface area contributed by atoms with Gasteiger partial charge in [-0.05, 0) is 17.7 Å². The highest BCUT2D eigenvalue weighted by Crippen LogP contribution is 2.29. The van der Waals surface area contributed by atoms with Crippen molar-refractivity contribution < 1.29 is 18.3 Å². The second kappa shape index (κ2) is 10.1. The number of amides is 2. The maximum atomic E-state index is 13.9. The fourth-order valence-corrected chi connectivity index (χ4v) is 4.42. The lowest BCUT2D eigenvalue weighted by Gasteiger charge is -2.20. The summed E-state index contributed by atoms with van der Waals surface area (Å²) in [6.07, 6.45) is 3.52. The first kappa shape index (κ1) is 23.6. The lowest BCUT2D eigenvalue weighted by Crippen LogP contribution is -2.42. The third kappa shape index (κ3) is 5.50. The van der Waals surface area contributed by atoms with Gasteiger partial charge in [0.1, 0.15) is 5.82 Å². The van der Waals surface area contributed by atoms with Crippen LogP contribution in [0.2, 0.25) is 0 Å². The smallest absolute Gasteiger partial charge is 0.320 e. The highest BCUT2D eigenvalue weighted by Gasteiger charge is 2.35. The molecule has 0 unspecified atom stereocenters. The number of benzene rings is 1. The molecule has 2 aromatic heterocycles.